The SMILES string of the molecule is CC(C)(C)c1ccc2c(c1)C(c1[c-]c(Oc3[c-]c(-n4cccn4)ccc3)ccc1)(c1ccccn1)c1cc(C(C)(C)C)ccc1-2.[Pt+2]. The molecule has 0 atom stereocenters. The molecule has 0 radical (unpaired) electrons. The average molecular weight is 783 g/mol. The fourth-order valence-electron chi connectivity index (χ4n) is 6.43. The number of fused-ring (bicyclic) bond motifs is 3. The monoisotopic (exact) mass is 782 g/mol. The Morgan fingerprint density at radius 1 is 0.652 bits per heavy atom. The number of ether oxygens (including phenoxy) is 1. The third kappa shape index (κ3) is 5.43. The van der Waals surface area contributed by atoms with Crippen molar-refractivity contribution in [2.45, 2.75) is 57.8 Å². The summed E-state index contributed by atoms with van der Waals surface area (Å²) in [7, 11) is 0. The predicted molar refractivity (Wildman–Crippen MR) is 180 cm³/mol. The van der Waals surface area contributed by atoms with Gasteiger partial charge in [0.2, 0.25) is 0 Å². The Kier molecular flexibility index (Phi) is 8.15. The topological polar surface area (TPSA) is 39.9 Å². The van der Waals surface area contributed by atoms with Gasteiger partial charge >= 0.3 is 21.1 Å². The maximum absolute atomic E-state index is 6.46. The second kappa shape index (κ2) is 11.8. The molecule has 2 aromatic heterocycles. The summed E-state index contributed by atoms with van der Waals surface area (Å²) in [6.45, 7) is 13.6. The van der Waals surface area contributed by atoms with Gasteiger partial charge in [0, 0.05) is 30.1 Å². The number of hydrogen-bond donors (Lipinski definition) is 0. The summed E-state index contributed by atoms with van der Waals surface area (Å²) >= 11 is 0. The van der Waals surface area contributed by atoms with E-state index >= 15 is 0 Å². The molecule has 7 rings (SSSR count). The van der Waals surface area contributed by atoms with Crippen molar-refractivity contribution in [1.29, 1.82) is 0 Å². The fourth-order valence-corrected chi connectivity index (χ4v) is 6.43. The van der Waals surface area contributed by atoms with Crippen molar-refractivity contribution in [3.63, 3.8) is 0 Å². The molecule has 1 aliphatic rings. The van der Waals surface area contributed by atoms with E-state index in [0.29, 0.717) is 11.5 Å². The van der Waals surface area contributed by atoms with E-state index < -0.39 is 5.41 Å². The maximum Gasteiger partial charge on any atom is 2.00 e. The van der Waals surface area contributed by atoms with Gasteiger partial charge in [-0.3, -0.25) is 9.67 Å². The van der Waals surface area contributed by atoms with E-state index in [1.54, 1.807) is 10.9 Å². The quantitative estimate of drug-likeness (QED) is 0.164. The van der Waals surface area contributed by atoms with Crippen LogP contribution < -0.4 is 4.74 Å². The van der Waals surface area contributed by atoms with E-state index in [9.17, 15) is 0 Å². The Hall–Kier alpha value is -4.27. The van der Waals surface area contributed by atoms with Gasteiger partial charge in [-0.05, 0) is 68.1 Å². The van der Waals surface area contributed by atoms with Crippen LogP contribution in [0.2, 0.25) is 0 Å². The Morgan fingerprint density at radius 2 is 1.28 bits per heavy atom. The van der Waals surface area contributed by atoms with Crippen molar-refractivity contribution in [3.8, 4) is 28.3 Å². The molecule has 0 aliphatic heterocycles. The normalized spacial score (nSPS) is 13.4. The van der Waals surface area contributed by atoms with E-state index in [1.807, 2.05) is 48.8 Å². The van der Waals surface area contributed by atoms with E-state index in [-0.39, 0.29) is 31.9 Å². The minimum Gasteiger partial charge on any atom is -0.509 e. The summed E-state index contributed by atoms with van der Waals surface area (Å²) in [5, 5.41) is 4.35. The molecular formula is C41H37N3OPt. The van der Waals surface area contributed by atoms with E-state index in [1.165, 1.54) is 33.4 Å². The minimum atomic E-state index is -0.700. The molecule has 232 valence electrons. The first kappa shape index (κ1) is 31.7. The summed E-state index contributed by atoms with van der Waals surface area (Å²) < 4.78 is 8.23. The second-order valence-corrected chi connectivity index (χ2v) is 13.9. The summed E-state index contributed by atoms with van der Waals surface area (Å²) in [4.78, 5) is 5.07. The molecular weight excluding hydrogens is 746 g/mol. The molecule has 0 bridgehead atoms. The molecule has 2 heterocycles. The zero-order valence-electron chi connectivity index (χ0n) is 27.0. The molecule has 0 amide bonds. The van der Waals surface area contributed by atoms with Gasteiger partial charge in [0.25, 0.3) is 0 Å². The Bertz CT molecular complexity index is 1940. The van der Waals surface area contributed by atoms with E-state index in [0.717, 1.165) is 16.9 Å². The number of aromatic nitrogens is 3. The third-order valence-corrected chi connectivity index (χ3v) is 8.81. The van der Waals surface area contributed by atoms with Crippen LogP contribution in [0.25, 0.3) is 16.8 Å². The molecule has 0 fully saturated rings. The Morgan fingerprint density at radius 3 is 1.85 bits per heavy atom. The van der Waals surface area contributed by atoms with Crippen molar-refractivity contribution in [1.82, 2.24) is 14.8 Å². The van der Waals surface area contributed by atoms with Crippen LogP contribution in [-0.2, 0) is 37.3 Å². The van der Waals surface area contributed by atoms with Gasteiger partial charge in [-0.25, -0.2) is 0 Å². The van der Waals surface area contributed by atoms with Crippen LogP contribution in [0.5, 0.6) is 11.5 Å². The van der Waals surface area contributed by atoms with Gasteiger partial charge in [-0.15, -0.1) is 35.9 Å². The summed E-state index contributed by atoms with van der Waals surface area (Å²) in [6.07, 6.45) is 5.54. The summed E-state index contributed by atoms with van der Waals surface area (Å²) in [6, 6.07) is 41.1. The van der Waals surface area contributed by atoms with Crippen LogP contribution in [0.15, 0.2) is 116 Å². The Balaban J connectivity index is 0.00000372. The van der Waals surface area contributed by atoms with Gasteiger partial charge in [-0.2, -0.15) is 23.3 Å². The number of nitrogens with zero attached hydrogens (tertiary/aromatic N) is 3. The van der Waals surface area contributed by atoms with Crippen molar-refractivity contribution in [2.75, 3.05) is 0 Å². The maximum atomic E-state index is 6.46. The van der Waals surface area contributed by atoms with Gasteiger partial charge in [0.05, 0.1) is 11.1 Å². The molecule has 0 saturated carbocycles. The standard InChI is InChI=1S/C41H37N3O.Pt/c1-39(2,3)28-17-19-34-35-20-18-29(40(4,5)6)26-37(35)41(36(34)25-28,38-16-7-8-21-42-38)30-12-9-14-32(24-30)45-33-15-10-13-31(27-33)44-23-11-22-43-44;/h7-23,25-26H,1-6H3;/q-2;+2. The van der Waals surface area contributed by atoms with Crippen molar-refractivity contribution in [3.05, 3.63) is 161 Å². The molecule has 0 unspecified atom stereocenters. The van der Waals surface area contributed by atoms with E-state index in [2.05, 4.69) is 119 Å². The first-order valence-corrected chi connectivity index (χ1v) is 15.5. The van der Waals surface area contributed by atoms with Crippen LogP contribution in [-0.4, -0.2) is 14.8 Å². The van der Waals surface area contributed by atoms with Gasteiger partial charge in [-0.1, -0.05) is 84.0 Å². The van der Waals surface area contributed by atoms with Crippen LogP contribution in [0.3, 0.4) is 0 Å². The molecule has 4 nitrogen and oxygen atoms in total. The molecule has 4 aromatic carbocycles. The van der Waals surface area contributed by atoms with Gasteiger partial charge in [0.1, 0.15) is 0 Å². The zero-order valence-corrected chi connectivity index (χ0v) is 29.3. The van der Waals surface area contributed by atoms with Crippen molar-refractivity contribution >= 4 is 0 Å². The van der Waals surface area contributed by atoms with Crippen LogP contribution in [0.4, 0.5) is 0 Å². The first-order chi connectivity index (χ1) is 21.5. The van der Waals surface area contributed by atoms with Gasteiger partial charge < -0.3 is 4.74 Å². The molecule has 0 spiro atoms. The van der Waals surface area contributed by atoms with Crippen LogP contribution in [0, 0.1) is 12.1 Å². The molecule has 0 saturated heterocycles. The minimum absolute atomic E-state index is 0. The zero-order chi connectivity index (χ0) is 31.4. The summed E-state index contributed by atoms with van der Waals surface area (Å²) in [5.74, 6) is 1.21. The van der Waals surface area contributed by atoms with Crippen molar-refractivity contribution < 1.29 is 25.8 Å². The molecule has 6 aromatic rings. The van der Waals surface area contributed by atoms with Crippen LogP contribution >= 0.6 is 0 Å². The molecule has 1 aliphatic carbocycles. The number of hydrogen-bond acceptors (Lipinski definition) is 3. The number of pyridine rings is 1. The Labute approximate surface area is 286 Å². The predicted octanol–water partition coefficient (Wildman–Crippen LogP) is 9.62. The largest absolute Gasteiger partial charge is 2.00 e. The van der Waals surface area contributed by atoms with Crippen molar-refractivity contribution in [2.24, 2.45) is 0 Å². The third-order valence-electron chi connectivity index (χ3n) is 8.81. The molecule has 46 heavy (non-hydrogen) atoms. The van der Waals surface area contributed by atoms with E-state index in [4.69, 9.17) is 9.72 Å². The second-order valence-electron chi connectivity index (χ2n) is 13.9. The first-order valence-electron chi connectivity index (χ1n) is 15.5. The number of benzene rings is 4. The molecule has 5 heteroatoms. The van der Waals surface area contributed by atoms with Gasteiger partial charge in [0.15, 0.2) is 0 Å². The molecule has 0 N–H and O–H groups in total. The number of rotatable bonds is 5. The fraction of sp³-hybridized carbons (Fsp3) is 0.220. The smallest absolute Gasteiger partial charge is 0.509 e. The van der Waals surface area contributed by atoms with Crippen LogP contribution in [0.1, 0.15) is 75.1 Å². The summed E-state index contributed by atoms with van der Waals surface area (Å²) in [5.41, 5.74) is 9.45. The average Bonchev–Trinajstić information content (AvgIpc) is 3.66.